The van der Waals surface area contributed by atoms with Crippen molar-refractivity contribution in [2.24, 2.45) is 11.1 Å². The molecule has 1 aromatic rings. The highest BCUT2D eigenvalue weighted by Crippen LogP contribution is 2.25. The maximum absolute atomic E-state index is 5.91. The summed E-state index contributed by atoms with van der Waals surface area (Å²) in [7, 11) is 0. The average Bonchev–Trinajstić information content (AvgIpc) is 2.53. The van der Waals surface area contributed by atoms with Gasteiger partial charge < -0.3 is 14.9 Å². The Morgan fingerprint density at radius 1 is 1.47 bits per heavy atom. The molecule has 0 spiro atoms. The lowest BCUT2D eigenvalue weighted by Crippen LogP contribution is -2.43. The molecule has 0 aromatic carbocycles. The first kappa shape index (κ1) is 12.3. The third-order valence-electron chi connectivity index (χ3n) is 2.32. The smallest absolute Gasteiger partial charge is 0.129 e. The zero-order chi connectivity index (χ0) is 11.5. The molecule has 2 unspecified atom stereocenters. The monoisotopic (exact) mass is 211 g/mol. The third kappa shape index (κ3) is 3.68. The molecule has 3 nitrogen and oxygen atoms in total. The minimum absolute atomic E-state index is 0.0139. The van der Waals surface area contributed by atoms with E-state index in [1.807, 2.05) is 19.1 Å². The molecular weight excluding hydrogens is 190 g/mol. The fraction of sp³-hybridized carbons (Fsp3) is 0.667. The Labute approximate surface area is 91.6 Å². The first-order valence-electron chi connectivity index (χ1n) is 5.31. The van der Waals surface area contributed by atoms with Gasteiger partial charge in [0.2, 0.25) is 0 Å². The molecule has 0 bridgehead atoms. The number of furan rings is 1. The molecule has 86 valence electrons. The molecule has 1 rings (SSSR count). The van der Waals surface area contributed by atoms with Crippen LogP contribution >= 0.6 is 0 Å². The molecule has 0 saturated heterocycles. The molecule has 0 saturated carbocycles. The highest BCUT2D eigenvalue weighted by Gasteiger charge is 2.28. The quantitative estimate of drug-likeness (QED) is 0.832. The van der Waals surface area contributed by atoms with Crippen molar-refractivity contribution in [3.05, 3.63) is 24.2 Å². The summed E-state index contributed by atoms with van der Waals surface area (Å²) in [5, 5.41) is 0. The minimum atomic E-state index is 0.0139. The van der Waals surface area contributed by atoms with Crippen LogP contribution in [0.15, 0.2) is 22.8 Å². The molecule has 1 aromatic heterocycles. The summed E-state index contributed by atoms with van der Waals surface area (Å²) in [6.07, 6.45) is 1.68. The molecule has 0 amide bonds. The van der Waals surface area contributed by atoms with E-state index in [1.165, 1.54) is 0 Å². The summed E-state index contributed by atoms with van der Waals surface area (Å²) in [6, 6.07) is 3.78. The van der Waals surface area contributed by atoms with Gasteiger partial charge in [0.1, 0.15) is 12.4 Å². The summed E-state index contributed by atoms with van der Waals surface area (Å²) < 4.78 is 11.0. The highest BCUT2D eigenvalue weighted by molar-refractivity contribution is 4.96. The predicted octanol–water partition coefficient (Wildman–Crippen LogP) is 2.56. The van der Waals surface area contributed by atoms with Gasteiger partial charge in [0, 0.05) is 6.04 Å². The summed E-state index contributed by atoms with van der Waals surface area (Å²) >= 11 is 0. The first-order chi connectivity index (χ1) is 6.91. The fourth-order valence-corrected chi connectivity index (χ4v) is 1.76. The Balaban J connectivity index is 2.53. The summed E-state index contributed by atoms with van der Waals surface area (Å²) in [5.41, 5.74) is 5.95. The molecule has 0 aliphatic rings. The van der Waals surface area contributed by atoms with Crippen molar-refractivity contribution in [3.8, 4) is 0 Å². The van der Waals surface area contributed by atoms with Gasteiger partial charge in [-0.1, -0.05) is 20.8 Å². The van der Waals surface area contributed by atoms with E-state index in [-0.39, 0.29) is 17.6 Å². The van der Waals surface area contributed by atoms with Crippen molar-refractivity contribution in [3.63, 3.8) is 0 Å². The predicted molar refractivity (Wildman–Crippen MR) is 60.4 cm³/mol. The van der Waals surface area contributed by atoms with Gasteiger partial charge in [-0.2, -0.15) is 0 Å². The Bertz CT molecular complexity index is 272. The van der Waals surface area contributed by atoms with Gasteiger partial charge >= 0.3 is 0 Å². The van der Waals surface area contributed by atoms with Crippen molar-refractivity contribution in [1.82, 2.24) is 0 Å². The van der Waals surface area contributed by atoms with Crippen LogP contribution in [0.3, 0.4) is 0 Å². The zero-order valence-corrected chi connectivity index (χ0v) is 9.99. The largest absolute Gasteiger partial charge is 0.467 e. The second-order valence-corrected chi connectivity index (χ2v) is 5.04. The number of nitrogens with two attached hydrogens (primary N) is 1. The van der Waals surface area contributed by atoms with E-state index >= 15 is 0 Å². The van der Waals surface area contributed by atoms with Crippen LogP contribution in [-0.2, 0) is 11.3 Å². The van der Waals surface area contributed by atoms with Gasteiger partial charge in [-0.15, -0.1) is 0 Å². The molecule has 2 atom stereocenters. The zero-order valence-electron chi connectivity index (χ0n) is 9.99. The molecule has 0 aliphatic carbocycles. The Morgan fingerprint density at radius 2 is 2.13 bits per heavy atom. The van der Waals surface area contributed by atoms with E-state index in [0.29, 0.717) is 6.61 Å². The van der Waals surface area contributed by atoms with E-state index in [2.05, 4.69) is 20.8 Å². The molecular formula is C12H21NO2. The van der Waals surface area contributed by atoms with E-state index < -0.39 is 0 Å². The van der Waals surface area contributed by atoms with Crippen LogP contribution in [0.5, 0.6) is 0 Å². The lowest BCUT2D eigenvalue weighted by atomic mass is 9.85. The van der Waals surface area contributed by atoms with Gasteiger partial charge in [0.05, 0.1) is 12.4 Å². The fourth-order valence-electron chi connectivity index (χ4n) is 1.76. The summed E-state index contributed by atoms with van der Waals surface area (Å²) in [4.78, 5) is 0. The molecule has 15 heavy (non-hydrogen) atoms. The van der Waals surface area contributed by atoms with Crippen molar-refractivity contribution in [2.45, 2.75) is 46.4 Å². The van der Waals surface area contributed by atoms with E-state index in [0.717, 1.165) is 5.76 Å². The number of ether oxygens (including phenoxy) is 1. The minimum Gasteiger partial charge on any atom is -0.467 e. The Hall–Kier alpha value is -0.800. The SMILES string of the molecule is CC(N)C(OCc1ccco1)C(C)(C)C. The van der Waals surface area contributed by atoms with Crippen molar-refractivity contribution in [2.75, 3.05) is 0 Å². The van der Waals surface area contributed by atoms with Gasteiger partial charge in [0.25, 0.3) is 0 Å². The van der Waals surface area contributed by atoms with Crippen LogP contribution in [0.2, 0.25) is 0 Å². The van der Waals surface area contributed by atoms with Crippen LogP contribution < -0.4 is 5.73 Å². The van der Waals surface area contributed by atoms with Crippen LogP contribution in [0.25, 0.3) is 0 Å². The second-order valence-electron chi connectivity index (χ2n) is 5.04. The highest BCUT2D eigenvalue weighted by atomic mass is 16.5. The van der Waals surface area contributed by atoms with Crippen molar-refractivity contribution in [1.29, 1.82) is 0 Å². The van der Waals surface area contributed by atoms with Crippen molar-refractivity contribution < 1.29 is 9.15 Å². The number of hydrogen-bond donors (Lipinski definition) is 1. The standard InChI is InChI=1S/C12H21NO2/c1-9(13)11(12(2,3)4)15-8-10-6-5-7-14-10/h5-7,9,11H,8,13H2,1-4H3. The lowest BCUT2D eigenvalue weighted by Gasteiger charge is -2.33. The van der Waals surface area contributed by atoms with Gasteiger partial charge in [0.15, 0.2) is 0 Å². The molecule has 2 N–H and O–H groups in total. The lowest BCUT2D eigenvalue weighted by molar-refractivity contribution is -0.0455. The molecule has 0 fully saturated rings. The molecule has 0 aliphatic heterocycles. The van der Waals surface area contributed by atoms with Gasteiger partial charge in [-0.05, 0) is 24.5 Å². The maximum Gasteiger partial charge on any atom is 0.129 e. The summed E-state index contributed by atoms with van der Waals surface area (Å²) in [5.74, 6) is 0.838. The van der Waals surface area contributed by atoms with Crippen molar-refractivity contribution >= 4 is 0 Å². The summed E-state index contributed by atoms with van der Waals surface area (Å²) in [6.45, 7) is 8.84. The van der Waals surface area contributed by atoms with Crippen LogP contribution in [0.4, 0.5) is 0 Å². The molecule has 0 radical (unpaired) electrons. The van der Waals surface area contributed by atoms with Gasteiger partial charge in [-0.3, -0.25) is 0 Å². The Kier molecular flexibility index (Phi) is 3.94. The van der Waals surface area contributed by atoms with Crippen LogP contribution in [0.1, 0.15) is 33.5 Å². The third-order valence-corrected chi connectivity index (χ3v) is 2.32. The van der Waals surface area contributed by atoms with Crippen LogP contribution in [-0.4, -0.2) is 12.1 Å². The van der Waals surface area contributed by atoms with Crippen LogP contribution in [0, 0.1) is 5.41 Å². The van der Waals surface area contributed by atoms with E-state index in [9.17, 15) is 0 Å². The molecule has 1 heterocycles. The van der Waals surface area contributed by atoms with Gasteiger partial charge in [-0.25, -0.2) is 0 Å². The topological polar surface area (TPSA) is 48.4 Å². The van der Waals surface area contributed by atoms with E-state index in [4.69, 9.17) is 14.9 Å². The average molecular weight is 211 g/mol. The first-order valence-corrected chi connectivity index (χ1v) is 5.31. The number of hydrogen-bond acceptors (Lipinski definition) is 3. The Morgan fingerprint density at radius 3 is 2.53 bits per heavy atom. The second kappa shape index (κ2) is 4.81. The molecule has 3 heteroatoms. The van der Waals surface area contributed by atoms with E-state index in [1.54, 1.807) is 6.26 Å². The normalized spacial score (nSPS) is 16.3. The number of rotatable bonds is 4. The maximum atomic E-state index is 5.91.